The molecule has 0 saturated carbocycles. The average molecular weight is 173 g/mol. The standard InChI is InChI=1S/C2H2Cl2N2O3/c3-2(4,1(5)7)6(8)9/h(H2,5,7). The van der Waals surface area contributed by atoms with Crippen LogP contribution in [0.2, 0.25) is 0 Å². The van der Waals surface area contributed by atoms with E-state index in [1.54, 1.807) is 0 Å². The molecule has 7 heteroatoms. The molecule has 0 spiro atoms. The largest absolute Gasteiger partial charge is 0.448 e. The highest BCUT2D eigenvalue weighted by Crippen LogP contribution is 2.19. The molecule has 0 saturated heterocycles. The first-order valence-corrected chi connectivity index (χ1v) is 2.47. The Morgan fingerprint density at radius 1 is 1.67 bits per heavy atom. The highest BCUT2D eigenvalue weighted by Gasteiger charge is 2.45. The number of hydrogen-bond donors (Lipinski definition) is 1. The van der Waals surface area contributed by atoms with Crippen LogP contribution < -0.4 is 5.73 Å². The number of primary amides is 1. The Labute approximate surface area is 59.9 Å². The second kappa shape index (κ2) is 2.36. The predicted molar refractivity (Wildman–Crippen MR) is 30.6 cm³/mol. The van der Waals surface area contributed by atoms with E-state index in [0.29, 0.717) is 0 Å². The molecule has 0 atom stereocenters. The minimum atomic E-state index is -2.69. The zero-order valence-electron chi connectivity index (χ0n) is 4.01. The number of halogens is 2. The fourth-order valence-electron chi connectivity index (χ4n) is 0.0900. The van der Waals surface area contributed by atoms with E-state index >= 15 is 0 Å². The fourth-order valence-corrected chi connectivity index (χ4v) is 0.0900. The molecule has 0 unspecified atom stereocenters. The number of carbonyl (C=O) groups is 1. The summed E-state index contributed by atoms with van der Waals surface area (Å²) < 4.78 is -2.69. The zero-order valence-corrected chi connectivity index (χ0v) is 5.52. The first kappa shape index (κ1) is 8.45. The Kier molecular flexibility index (Phi) is 2.22. The van der Waals surface area contributed by atoms with E-state index in [4.69, 9.17) is 23.2 Å². The minimum absolute atomic E-state index is 1.18. The molecule has 1 amide bonds. The fraction of sp³-hybridized carbons (Fsp3) is 0.500. The van der Waals surface area contributed by atoms with E-state index < -0.39 is 15.3 Å². The molecule has 0 fully saturated rings. The monoisotopic (exact) mass is 172 g/mol. The molecule has 0 bridgehead atoms. The number of nitrogens with zero attached hydrogens (tertiary/aromatic N) is 1. The van der Waals surface area contributed by atoms with Crippen molar-refractivity contribution in [2.24, 2.45) is 5.73 Å². The number of nitrogens with two attached hydrogens (primary N) is 1. The van der Waals surface area contributed by atoms with Crippen molar-refractivity contribution in [2.75, 3.05) is 0 Å². The smallest absolute Gasteiger partial charge is 0.361 e. The second-order valence-corrected chi connectivity index (χ2v) is 2.45. The van der Waals surface area contributed by atoms with Crippen LogP contribution in [0.5, 0.6) is 0 Å². The summed E-state index contributed by atoms with van der Waals surface area (Å²) in [5, 5.41) is 9.70. The summed E-state index contributed by atoms with van der Waals surface area (Å²) in [4.78, 5) is 18.5. The Balaban J connectivity index is 4.38. The molecule has 0 aliphatic rings. The van der Waals surface area contributed by atoms with E-state index in [-0.39, 0.29) is 0 Å². The third kappa shape index (κ3) is 1.69. The summed E-state index contributed by atoms with van der Waals surface area (Å²) in [5.74, 6) is -1.39. The lowest BCUT2D eigenvalue weighted by molar-refractivity contribution is -0.501. The van der Waals surface area contributed by atoms with Crippen LogP contribution in [-0.2, 0) is 4.79 Å². The molecule has 0 radical (unpaired) electrons. The van der Waals surface area contributed by atoms with Crippen LogP contribution >= 0.6 is 23.2 Å². The van der Waals surface area contributed by atoms with Crippen molar-refractivity contribution in [3.63, 3.8) is 0 Å². The van der Waals surface area contributed by atoms with Crippen molar-refractivity contribution in [1.82, 2.24) is 0 Å². The van der Waals surface area contributed by atoms with Gasteiger partial charge in [0.05, 0.1) is 4.92 Å². The maximum absolute atomic E-state index is 9.98. The molecule has 0 heterocycles. The number of rotatable bonds is 2. The quantitative estimate of drug-likeness (QED) is 0.273. The molecule has 0 aromatic carbocycles. The molecule has 0 aromatic rings. The topological polar surface area (TPSA) is 86.2 Å². The molecule has 5 nitrogen and oxygen atoms in total. The van der Waals surface area contributed by atoms with Crippen molar-refractivity contribution in [2.45, 2.75) is 4.46 Å². The van der Waals surface area contributed by atoms with Crippen molar-refractivity contribution in [3.05, 3.63) is 10.1 Å². The van der Waals surface area contributed by atoms with Gasteiger partial charge in [0.25, 0.3) is 0 Å². The van der Waals surface area contributed by atoms with Gasteiger partial charge in [0.1, 0.15) is 0 Å². The molecule has 0 aliphatic heterocycles. The molecular weight excluding hydrogens is 171 g/mol. The van der Waals surface area contributed by atoms with Crippen LogP contribution in [0, 0.1) is 10.1 Å². The van der Waals surface area contributed by atoms with Gasteiger partial charge in [-0.2, -0.15) is 0 Å². The maximum atomic E-state index is 9.98. The van der Waals surface area contributed by atoms with Gasteiger partial charge in [-0.1, -0.05) is 0 Å². The van der Waals surface area contributed by atoms with Gasteiger partial charge in [-0.05, 0) is 23.2 Å². The number of nitro groups is 1. The number of carbonyl (C=O) groups excluding carboxylic acids is 1. The summed E-state index contributed by atoms with van der Waals surface area (Å²) in [6.07, 6.45) is 0. The average Bonchev–Trinajstić information content (AvgIpc) is 1.65. The van der Waals surface area contributed by atoms with Gasteiger partial charge in [-0.15, -0.1) is 0 Å². The third-order valence-electron chi connectivity index (χ3n) is 0.526. The predicted octanol–water partition coefficient (Wildman–Crippen LogP) is -0.120. The zero-order chi connectivity index (χ0) is 7.65. The van der Waals surface area contributed by atoms with Gasteiger partial charge < -0.3 is 5.73 Å². The van der Waals surface area contributed by atoms with Crippen LogP contribution in [-0.4, -0.2) is 15.3 Å². The van der Waals surface area contributed by atoms with Crippen molar-refractivity contribution in [3.8, 4) is 0 Å². The Morgan fingerprint density at radius 2 is 2.00 bits per heavy atom. The van der Waals surface area contributed by atoms with Gasteiger partial charge in [-0.3, -0.25) is 14.9 Å². The van der Waals surface area contributed by atoms with Crippen molar-refractivity contribution >= 4 is 29.1 Å². The van der Waals surface area contributed by atoms with Crippen LogP contribution in [0.3, 0.4) is 0 Å². The first-order valence-electron chi connectivity index (χ1n) is 1.71. The summed E-state index contributed by atoms with van der Waals surface area (Å²) in [6, 6.07) is 0. The Hall–Kier alpha value is -0.550. The van der Waals surface area contributed by atoms with Gasteiger partial charge in [0.15, 0.2) is 0 Å². The normalized spacial score (nSPS) is 10.9. The third-order valence-corrected chi connectivity index (χ3v) is 1.17. The highest BCUT2D eigenvalue weighted by molar-refractivity contribution is 6.56. The van der Waals surface area contributed by atoms with E-state index in [1.165, 1.54) is 0 Å². The summed E-state index contributed by atoms with van der Waals surface area (Å²) >= 11 is 9.60. The minimum Gasteiger partial charge on any atom is -0.361 e. The van der Waals surface area contributed by atoms with E-state index in [9.17, 15) is 14.9 Å². The van der Waals surface area contributed by atoms with Gasteiger partial charge >= 0.3 is 10.4 Å². The van der Waals surface area contributed by atoms with E-state index in [2.05, 4.69) is 5.73 Å². The lowest BCUT2D eigenvalue weighted by Crippen LogP contribution is -2.40. The molecule has 0 rings (SSSR count). The molecule has 0 aromatic heterocycles. The lowest BCUT2D eigenvalue weighted by atomic mass is 10.6. The van der Waals surface area contributed by atoms with Crippen molar-refractivity contribution < 1.29 is 9.72 Å². The molecule has 9 heavy (non-hydrogen) atoms. The van der Waals surface area contributed by atoms with Crippen LogP contribution in [0.25, 0.3) is 0 Å². The van der Waals surface area contributed by atoms with Crippen LogP contribution in [0.4, 0.5) is 0 Å². The molecular formula is C2H2Cl2N2O3. The lowest BCUT2D eigenvalue weighted by Gasteiger charge is -2.02. The summed E-state index contributed by atoms with van der Waals surface area (Å²) in [6.45, 7) is 0. The molecule has 0 aliphatic carbocycles. The first-order chi connectivity index (χ1) is 3.89. The SMILES string of the molecule is NC(=O)C(Cl)(Cl)[N+](=O)[O-]. The van der Waals surface area contributed by atoms with E-state index in [1.807, 2.05) is 0 Å². The number of hydrogen-bond acceptors (Lipinski definition) is 3. The molecule has 52 valence electrons. The number of amides is 1. The van der Waals surface area contributed by atoms with Gasteiger partial charge in [-0.25, -0.2) is 0 Å². The Morgan fingerprint density at radius 3 is 2.00 bits per heavy atom. The maximum Gasteiger partial charge on any atom is 0.448 e. The second-order valence-electron chi connectivity index (χ2n) is 1.16. The summed E-state index contributed by atoms with van der Waals surface area (Å²) in [5.41, 5.74) is 4.43. The Bertz CT molecular complexity index is 140. The summed E-state index contributed by atoms with van der Waals surface area (Å²) in [7, 11) is 0. The number of alkyl halides is 2. The van der Waals surface area contributed by atoms with E-state index in [0.717, 1.165) is 0 Å². The van der Waals surface area contributed by atoms with Crippen LogP contribution in [0.15, 0.2) is 0 Å². The van der Waals surface area contributed by atoms with Gasteiger partial charge in [0.2, 0.25) is 0 Å². The van der Waals surface area contributed by atoms with Gasteiger partial charge in [0, 0.05) is 0 Å². The highest BCUT2D eigenvalue weighted by atomic mass is 35.5. The van der Waals surface area contributed by atoms with Crippen LogP contribution in [0.1, 0.15) is 0 Å². The van der Waals surface area contributed by atoms with Crippen molar-refractivity contribution in [1.29, 1.82) is 0 Å². The molecule has 2 N–H and O–H groups in total.